The van der Waals surface area contributed by atoms with Crippen LogP contribution in [0.25, 0.3) is 0 Å². The zero-order valence-corrected chi connectivity index (χ0v) is 16.5. The lowest BCUT2D eigenvalue weighted by Crippen LogP contribution is -2.45. The van der Waals surface area contributed by atoms with Crippen molar-refractivity contribution < 1.29 is 22.4 Å². The first kappa shape index (κ1) is 19.8. The van der Waals surface area contributed by atoms with Crippen LogP contribution in [0.5, 0.6) is 0 Å². The maximum Gasteiger partial charge on any atom is 0.257 e. The monoisotopic (exact) mass is 396 g/mol. The van der Waals surface area contributed by atoms with Gasteiger partial charge in [-0.25, -0.2) is 12.8 Å². The van der Waals surface area contributed by atoms with Crippen molar-refractivity contribution in [1.29, 1.82) is 0 Å². The highest BCUT2D eigenvalue weighted by Crippen LogP contribution is 2.31. The highest BCUT2D eigenvalue weighted by Gasteiger charge is 2.37. The van der Waals surface area contributed by atoms with Crippen molar-refractivity contribution in [2.45, 2.75) is 54.7 Å². The number of likely N-dealkylation sites (N-methyl/N-ethyl adjacent to an activating group) is 1. The highest BCUT2D eigenvalue weighted by atomic mass is 32.2. The SMILES string of the molecule is CN(C)C(=O)C1CCCN1C(=O)c1cc(S(=O)(=O)C2CCCC2)ccc1F. The van der Waals surface area contributed by atoms with E-state index in [0.29, 0.717) is 32.2 Å². The molecule has 0 radical (unpaired) electrons. The topological polar surface area (TPSA) is 74.8 Å². The normalized spacial score (nSPS) is 20.9. The van der Waals surface area contributed by atoms with Gasteiger partial charge in [0, 0.05) is 20.6 Å². The molecule has 1 aliphatic carbocycles. The standard InChI is InChI=1S/C19H25FN2O4S/c1-21(2)19(24)17-8-5-11-22(17)18(23)15-12-14(9-10-16(15)20)27(25,26)13-6-3-4-7-13/h9-10,12-13,17H,3-8,11H2,1-2H3. The van der Waals surface area contributed by atoms with Gasteiger partial charge < -0.3 is 9.80 Å². The zero-order valence-electron chi connectivity index (χ0n) is 15.7. The molecule has 148 valence electrons. The fraction of sp³-hybridized carbons (Fsp3) is 0.579. The fourth-order valence-electron chi connectivity index (χ4n) is 3.96. The lowest BCUT2D eigenvalue weighted by atomic mass is 10.1. The van der Waals surface area contributed by atoms with Crippen LogP contribution in [0.15, 0.2) is 23.1 Å². The summed E-state index contributed by atoms with van der Waals surface area (Å²) >= 11 is 0. The van der Waals surface area contributed by atoms with Crippen LogP contribution in [0.4, 0.5) is 4.39 Å². The Morgan fingerprint density at radius 2 is 1.78 bits per heavy atom. The number of amides is 2. The summed E-state index contributed by atoms with van der Waals surface area (Å²) in [7, 11) is -0.371. The number of hydrogen-bond donors (Lipinski definition) is 0. The van der Waals surface area contributed by atoms with E-state index in [-0.39, 0.29) is 16.4 Å². The van der Waals surface area contributed by atoms with Crippen LogP contribution >= 0.6 is 0 Å². The molecule has 0 bridgehead atoms. The van der Waals surface area contributed by atoms with E-state index in [1.165, 1.54) is 15.9 Å². The molecule has 2 amide bonds. The molecule has 2 aliphatic rings. The Balaban J connectivity index is 1.92. The molecule has 1 atom stereocenters. The van der Waals surface area contributed by atoms with E-state index in [1.54, 1.807) is 14.1 Å². The average molecular weight is 396 g/mol. The molecule has 0 aromatic heterocycles. The van der Waals surface area contributed by atoms with Gasteiger partial charge in [-0.05, 0) is 43.9 Å². The molecule has 6 nitrogen and oxygen atoms in total. The van der Waals surface area contributed by atoms with Crippen LogP contribution in [0, 0.1) is 5.82 Å². The number of carbonyl (C=O) groups is 2. The first-order valence-electron chi connectivity index (χ1n) is 9.29. The average Bonchev–Trinajstić information content (AvgIpc) is 3.32. The van der Waals surface area contributed by atoms with E-state index >= 15 is 0 Å². The summed E-state index contributed by atoms with van der Waals surface area (Å²) in [5.74, 6) is -1.61. The molecule has 3 rings (SSSR count). The van der Waals surface area contributed by atoms with Gasteiger partial charge in [-0.3, -0.25) is 9.59 Å². The highest BCUT2D eigenvalue weighted by molar-refractivity contribution is 7.92. The third-order valence-corrected chi connectivity index (χ3v) is 7.74. The molecule has 1 aliphatic heterocycles. The third-order valence-electron chi connectivity index (χ3n) is 5.48. The second-order valence-corrected chi connectivity index (χ2v) is 9.71. The van der Waals surface area contributed by atoms with Gasteiger partial charge in [0.05, 0.1) is 15.7 Å². The van der Waals surface area contributed by atoms with E-state index in [1.807, 2.05) is 0 Å². The lowest BCUT2D eigenvalue weighted by Gasteiger charge is -2.26. The summed E-state index contributed by atoms with van der Waals surface area (Å²) < 4.78 is 40.0. The fourth-order valence-corrected chi connectivity index (χ4v) is 5.83. The smallest absolute Gasteiger partial charge is 0.257 e. The van der Waals surface area contributed by atoms with Crippen molar-refractivity contribution in [1.82, 2.24) is 9.80 Å². The summed E-state index contributed by atoms with van der Waals surface area (Å²) in [6, 6.07) is 2.77. The molecule has 1 aromatic carbocycles. The van der Waals surface area contributed by atoms with Gasteiger partial charge in [0.2, 0.25) is 5.91 Å². The molecule has 1 saturated carbocycles. The summed E-state index contributed by atoms with van der Waals surface area (Å²) in [6.45, 7) is 0.349. The Hall–Kier alpha value is -1.96. The van der Waals surface area contributed by atoms with Gasteiger partial charge in [0.25, 0.3) is 5.91 Å². The third kappa shape index (κ3) is 3.72. The van der Waals surface area contributed by atoms with Crippen molar-refractivity contribution in [3.8, 4) is 0 Å². The number of rotatable bonds is 4. The van der Waals surface area contributed by atoms with E-state index < -0.39 is 32.9 Å². The largest absolute Gasteiger partial charge is 0.347 e. The van der Waals surface area contributed by atoms with Crippen molar-refractivity contribution in [3.05, 3.63) is 29.6 Å². The molecule has 1 aromatic rings. The Kier molecular flexibility index (Phi) is 5.55. The second-order valence-electron chi connectivity index (χ2n) is 7.48. The van der Waals surface area contributed by atoms with Gasteiger partial charge >= 0.3 is 0 Å². The number of sulfone groups is 1. The molecular weight excluding hydrogens is 371 g/mol. The zero-order chi connectivity index (χ0) is 19.8. The van der Waals surface area contributed by atoms with Crippen molar-refractivity contribution in [2.75, 3.05) is 20.6 Å². The summed E-state index contributed by atoms with van der Waals surface area (Å²) in [6.07, 6.45) is 4.07. The van der Waals surface area contributed by atoms with E-state index in [2.05, 4.69) is 0 Å². The Bertz CT molecular complexity index is 847. The summed E-state index contributed by atoms with van der Waals surface area (Å²) in [5, 5.41) is -0.472. The van der Waals surface area contributed by atoms with E-state index in [9.17, 15) is 22.4 Å². The molecule has 1 saturated heterocycles. The van der Waals surface area contributed by atoms with E-state index in [4.69, 9.17) is 0 Å². The minimum atomic E-state index is -3.59. The summed E-state index contributed by atoms with van der Waals surface area (Å²) in [4.78, 5) is 28.0. The van der Waals surface area contributed by atoms with Crippen LogP contribution in [-0.4, -0.2) is 62.0 Å². The van der Waals surface area contributed by atoms with Crippen molar-refractivity contribution >= 4 is 21.7 Å². The molecule has 8 heteroatoms. The number of benzene rings is 1. The minimum Gasteiger partial charge on any atom is -0.347 e. The lowest BCUT2D eigenvalue weighted by molar-refractivity contribution is -0.132. The first-order chi connectivity index (χ1) is 12.7. The van der Waals surface area contributed by atoms with Gasteiger partial charge in [-0.15, -0.1) is 0 Å². The van der Waals surface area contributed by atoms with Gasteiger partial charge in [-0.1, -0.05) is 12.8 Å². The van der Waals surface area contributed by atoms with Crippen LogP contribution in [0.3, 0.4) is 0 Å². The van der Waals surface area contributed by atoms with Crippen molar-refractivity contribution in [2.24, 2.45) is 0 Å². The van der Waals surface area contributed by atoms with Crippen LogP contribution in [0.1, 0.15) is 48.9 Å². The summed E-state index contributed by atoms with van der Waals surface area (Å²) in [5.41, 5.74) is -0.285. The predicted octanol–water partition coefficient (Wildman–Crippen LogP) is 2.23. The minimum absolute atomic E-state index is 0.0196. The quantitative estimate of drug-likeness (QED) is 0.732. The number of halogens is 1. The molecule has 2 fully saturated rings. The Labute approximate surface area is 159 Å². The first-order valence-corrected chi connectivity index (χ1v) is 10.8. The molecule has 1 heterocycles. The molecule has 0 N–H and O–H groups in total. The number of likely N-dealkylation sites (tertiary alicyclic amines) is 1. The maximum atomic E-state index is 14.4. The number of carbonyl (C=O) groups excluding carboxylic acids is 2. The van der Waals surface area contributed by atoms with Gasteiger partial charge in [-0.2, -0.15) is 0 Å². The predicted molar refractivity (Wildman–Crippen MR) is 98.6 cm³/mol. The molecule has 27 heavy (non-hydrogen) atoms. The Morgan fingerprint density at radius 1 is 1.11 bits per heavy atom. The van der Waals surface area contributed by atoms with Crippen LogP contribution in [0.2, 0.25) is 0 Å². The van der Waals surface area contributed by atoms with E-state index in [0.717, 1.165) is 25.0 Å². The van der Waals surface area contributed by atoms with Crippen LogP contribution in [-0.2, 0) is 14.6 Å². The maximum absolute atomic E-state index is 14.4. The number of nitrogens with zero attached hydrogens (tertiary/aromatic N) is 2. The second kappa shape index (κ2) is 7.58. The molecule has 0 spiro atoms. The number of hydrogen-bond acceptors (Lipinski definition) is 4. The Morgan fingerprint density at radius 3 is 2.41 bits per heavy atom. The van der Waals surface area contributed by atoms with Gasteiger partial charge in [0.15, 0.2) is 9.84 Å². The van der Waals surface area contributed by atoms with Crippen LogP contribution < -0.4 is 0 Å². The van der Waals surface area contributed by atoms with Gasteiger partial charge in [0.1, 0.15) is 11.9 Å². The molecular formula is C19H25FN2O4S. The molecule has 1 unspecified atom stereocenters. The van der Waals surface area contributed by atoms with Crippen molar-refractivity contribution in [3.63, 3.8) is 0 Å².